The highest BCUT2D eigenvalue weighted by Gasteiger charge is 2.37. The summed E-state index contributed by atoms with van der Waals surface area (Å²) in [6.07, 6.45) is 3.89. The highest BCUT2D eigenvalue weighted by molar-refractivity contribution is 6.32. The third kappa shape index (κ3) is 4.51. The Balaban J connectivity index is 0.00000180. The van der Waals surface area contributed by atoms with E-state index in [4.69, 9.17) is 11.6 Å². The summed E-state index contributed by atoms with van der Waals surface area (Å²) >= 11 is 6.14. The van der Waals surface area contributed by atoms with E-state index in [-0.39, 0.29) is 23.5 Å². The van der Waals surface area contributed by atoms with Gasteiger partial charge in [0.15, 0.2) is 0 Å². The quantitative estimate of drug-likeness (QED) is 0.870. The molecule has 1 aromatic heterocycles. The third-order valence-corrected chi connectivity index (χ3v) is 3.59. The van der Waals surface area contributed by atoms with Crippen molar-refractivity contribution in [1.82, 2.24) is 10.3 Å². The second kappa shape index (κ2) is 5.86. The first-order valence-corrected chi connectivity index (χ1v) is 6.82. The standard InChI is InChI=1S/C14H22ClN3.ClH/c1-13(2)8-10(9-14(3,4)18-13)17-12-11(15)6-5-7-16-12;/h5-7,10,18H,8-9H2,1-4H3,(H,16,17);1H. The maximum atomic E-state index is 6.14. The van der Waals surface area contributed by atoms with Crippen LogP contribution in [0.25, 0.3) is 0 Å². The Bertz CT molecular complexity index is 416. The van der Waals surface area contributed by atoms with Crippen LogP contribution in [0.2, 0.25) is 5.02 Å². The van der Waals surface area contributed by atoms with Crippen molar-refractivity contribution in [2.75, 3.05) is 5.32 Å². The van der Waals surface area contributed by atoms with E-state index < -0.39 is 0 Å². The van der Waals surface area contributed by atoms with E-state index in [1.165, 1.54) is 0 Å². The lowest BCUT2D eigenvalue weighted by Gasteiger charge is -2.46. The van der Waals surface area contributed by atoms with Crippen molar-refractivity contribution in [3.05, 3.63) is 23.4 Å². The Kier molecular flexibility index (Phi) is 5.10. The fraction of sp³-hybridized carbons (Fsp3) is 0.643. The molecule has 0 spiro atoms. The molecular formula is C14H23Cl2N3. The predicted octanol–water partition coefficient (Wildman–Crippen LogP) is 3.88. The molecule has 1 fully saturated rings. The van der Waals surface area contributed by atoms with Crippen molar-refractivity contribution in [2.45, 2.75) is 57.7 Å². The van der Waals surface area contributed by atoms with Crippen LogP contribution in [-0.2, 0) is 0 Å². The lowest BCUT2D eigenvalue weighted by Crippen LogP contribution is -2.60. The number of rotatable bonds is 2. The molecule has 0 aliphatic carbocycles. The number of hydrogen-bond donors (Lipinski definition) is 2. The second-order valence-corrected chi connectivity index (χ2v) is 6.88. The highest BCUT2D eigenvalue weighted by Crippen LogP contribution is 2.31. The summed E-state index contributed by atoms with van der Waals surface area (Å²) in [6, 6.07) is 4.11. The van der Waals surface area contributed by atoms with Crippen LogP contribution in [0.5, 0.6) is 0 Å². The molecule has 1 aliphatic heterocycles. The first kappa shape index (κ1) is 16.5. The van der Waals surface area contributed by atoms with E-state index in [1.54, 1.807) is 6.20 Å². The average molecular weight is 304 g/mol. The Morgan fingerprint density at radius 3 is 2.37 bits per heavy atom. The smallest absolute Gasteiger partial charge is 0.144 e. The van der Waals surface area contributed by atoms with Gasteiger partial charge < -0.3 is 10.6 Å². The zero-order chi connectivity index (χ0) is 13.4. The first-order valence-electron chi connectivity index (χ1n) is 6.44. The Morgan fingerprint density at radius 1 is 1.26 bits per heavy atom. The van der Waals surface area contributed by atoms with Gasteiger partial charge in [0.1, 0.15) is 5.82 Å². The van der Waals surface area contributed by atoms with E-state index in [0.717, 1.165) is 18.7 Å². The first-order chi connectivity index (χ1) is 8.27. The molecule has 3 nitrogen and oxygen atoms in total. The number of pyridine rings is 1. The minimum atomic E-state index is 0. The number of nitrogens with zero attached hydrogens (tertiary/aromatic N) is 1. The molecule has 1 aromatic rings. The Hall–Kier alpha value is -0.510. The minimum Gasteiger partial charge on any atom is -0.366 e. The average Bonchev–Trinajstić information content (AvgIpc) is 2.16. The summed E-state index contributed by atoms with van der Waals surface area (Å²) in [5.41, 5.74) is 0.251. The summed E-state index contributed by atoms with van der Waals surface area (Å²) in [5, 5.41) is 7.83. The molecule has 1 aliphatic rings. The zero-order valence-electron chi connectivity index (χ0n) is 12.0. The Labute approximate surface area is 126 Å². The van der Waals surface area contributed by atoms with Crippen molar-refractivity contribution < 1.29 is 0 Å². The van der Waals surface area contributed by atoms with E-state index in [9.17, 15) is 0 Å². The molecule has 1 saturated heterocycles. The molecule has 2 N–H and O–H groups in total. The fourth-order valence-corrected chi connectivity index (χ4v) is 3.29. The van der Waals surface area contributed by atoms with Crippen LogP contribution in [0.3, 0.4) is 0 Å². The molecular weight excluding hydrogens is 281 g/mol. The molecule has 0 bridgehead atoms. The molecule has 108 valence electrons. The minimum absolute atomic E-state index is 0. The van der Waals surface area contributed by atoms with Crippen molar-refractivity contribution >= 4 is 29.8 Å². The molecule has 0 unspecified atom stereocenters. The maximum Gasteiger partial charge on any atom is 0.144 e. The molecule has 5 heteroatoms. The van der Waals surface area contributed by atoms with Gasteiger partial charge >= 0.3 is 0 Å². The monoisotopic (exact) mass is 303 g/mol. The fourth-order valence-electron chi connectivity index (χ4n) is 3.11. The molecule has 0 aromatic carbocycles. The van der Waals surface area contributed by atoms with Crippen LogP contribution in [0.15, 0.2) is 18.3 Å². The van der Waals surface area contributed by atoms with Crippen LogP contribution in [0.1, 0.15) is 40.5 Å². The molecule has 19 heavy (non-hydrogen) atoms. The van der Waals surface area contributed by atoms with Crippen molar-refractivity contribution in [3.8, 4) is 0 Å². The van der Waals surface area contributed by atoms with Gasteiger partial charge in [0.05, 0.1) is 5.02 Å². The molecule has 0 amide bonds. The number of nitrogens with one attached hydrogen (secondary N) is 2. The van der Waals surface area contributed by atoms with Gasteiger partial charge in [0.25, 0.3) is 0 Å². The van der Waals surface area contributed by atoms with Crippen LogP contribution in [0, 0.1) is 0 Å². The van der Waals surface area contributed by atoms with Crippen molar-refractivity contribution in [3.63, 3.8) is 0 Å². The van der Waals surface area contributed by atoms with Crippen molar-refractivity contribution in [1.29, 1.82) is 0 Å². The van der Waals surface area contributed by atoms with Crippen LogP contribution < -0.4 is 10.6 Å². The summed E-state index contributed by atoms with van der Waals surface area (Å²) in [6.45, 7) is 8.95. The van der Waals surface area contributed by atoms with E-state index >= 15 is 0 Å². The molecule has 0 saturated carbocycles. The van der Waals surface area contributed by atoms with Gasteiger partial charge in [0, 0.05) is 23.3 Å². The molecule has 0 radical (unpaired) electrons. The van der Waals surface area contributed by atoms with Gasteiger partial charge in [-0.15, -0.1) is 12.4 Å². The SMILES string of the molecule is CC1(C)CC(Nc2ncccc2Cl)CC(C)(C)N1.Cl. The van der Waals surface area contributed by atoms with Crippen LogP contribution >= 0.6 is 24.0 Å². The van der Waals surface area contributed by atoms with Gasteiger partial charge in [-0.3, -0.25) is 0 Å². The van der Waals surface area contributed by atoms with E-state index in [2.05, 4.69) is 43.3 Å². The second-order valence-electron chi connectivity index (χ2n) is 6.48. The van der Waals surface area contributed by atoms with Crippen molar-refractivity contribution in [2.24, 2.45) is 0 Å². The van der Waals surface area contributed by atoms with Gasteiger partial charge in [-0.1, -0.05) is 11.6 Å². The summed E-state index contributed by atoms with van der Waals surface area (Å²) in [5.74, 6) is 0.790. The van der Waals surface area contributed by atoms with Gasteiger partial charge in [-0.2, -0.15) is 0 Å². The number of anilines is 1. The lowest BCUT2D eigenvalue weighted by atomic mass is 9.79. The largest absolute Gasteiger partial charge is 0.366 e. The summed E-state index contributed by atoms with van der Waals surface area (Å²) < 4.78 is 0. The number of halogens is 2. The van der Waals surface area contributed by atoms with Gasteiger partial charge in [-0.05, 0) is 52.7 Å². The van der Waals surface area contributed by atoms with E-state index in [1.807, 2.05) is 12.1 Å². The van der Waals surface area contributed by atoms with E-state index in [0.29, 0.717) is 11.1 Å². The zero-order valence-corrected chi connectivity index (χ0v) is 13.5. The summed E-state index contributed by atoms with van der Waals surface area (Å²) in [7, 11) is 0. The summed E-state index contributed by atoms with van der Waals surface area (Å²) in [4.78, 5) is 4.30. The predicted molar refractivity (Wildman–Crippen MR) is 84.4 cm³/mol. The van der Waals surface area contributed by atoms with Gasteiger partial charge in [0.2, 0.25) is 0 Å². The van der Waals surface area contributed by atoms with Crippen LogP contribution in [-0.4, -0.2) is 22.1 Å². The number of hydrogen-bond acceptors (Lipinski definition) is 3. The molecule has 0 atom stereocenters. The normalized spacial score (nSPS) is 21.5. The number of aromatic nitrogens is 1. The molecule has 2 rings (SSSR count). The highest BCUT2D eigenvalue weighted by atomic mass is 35.5. The topological polar surface area (TPSA) is 37.0 Å². The maximum absolute atomic E-state index is 6.14. The third-order valence-electron chi connectivity index (χ3n) is 3.29. The molecule has 2 heterocycles. The Morgan fingerprint density at radius 2 is 1.84 bits per heavy atom. The lowest BCUT2D eigenvalue weighted by molar-refractivity contribution is 0.170. The van der Waals surface area contributed by atoms with Crippen LogP contribution in [0.4, 0.5) is 5.82 Å². The van der Waals surface area contributed by atoms with Gasteiger partial charge in [-0.25, -0.2) is 4.98 Å². The number of piperidine rings is 1.